The van der Waals surface area contributed by atoms with Crippen LogP contribution in [0.25, 0.3) is 4.85 Å². The topological polar surface area (TPSA) is 60.1 Å². The van der Waals surface area contributed by atoms with E-state index in [2.05, 4.69) is 23.9 Å². The lowest BCUT2D eigenvalue weighted by Crippen LogP contribution is -2.53. The zero-order valence-electron chi connectivity index (χ0n) is 19.7. The normalized spacial score (nSPS) is 39.2. The van der Waals surface area contributed by atoms with E-state index in [4.69, 9.17) is 16.0 Å². The van der Waals surface area contributed by atoms with Crippen LogP contribution in [0.5, 0.6) is 0 Å². The predicted octanol–water partition coefficient (Wildman–Crippen LogP) is 5.38. The molecule has 1 aromatic carbocycles. The molecule has 33 heavy (non-hydrogen) atoms. The molecule has 2 unspecified atom stereocenters. The Morgan fingerprint density at radius 2 is 1.94 bits per heavy atom. The molecule has 5 nitrogen and oxygen atoms in total. The van der Waals surface area contributed by atoms with Crippen molar-refractivity contribution in [3.05, 3.63) is 51.9 Å². The van der Waals surface area contributed by atoms with Gasteiger partial charge in [0.2, 0.25) is 0 Å². The van der Waals surface area contributed by atoms with Crippen molar-refractivity contribution in [1.82, 2.24) is 0 Å². The number of carbonyl (C=O) groups excluding carboxylic acids is 1. The molecule has 3 saturated carbocycles. The summed E-state index contributed by atoms with van der Waals surface area (Å²) in [5.74, 6) is 0.592. The molecule has 5 atom stereocenters. The van der Waals surface area contributed by atoms with Gasteiger partial charge in [-0.3, -0.25) is 4.79 Å². The Morgan fingerprint density at radius 1 is 1.15 bits per heavy atom. The van der Waals surface area contributed by atoms with Crippen LogP contribution in [0.3, 0.4) is 0 Å². The highest BCUT2D eigenvalue weighted by molar-refractivity contribution is 5.87. The molecule has 5 heteroatoms. The monoisotopic (exact) mass is 447 g/mol. The molecule has 0 bridgehead atoms. The molecule has 1 aromatic rings. The average molecular weight is 448 g/mol. The lowest BCUT2D eigenvalue weighted by molar-refractivity contribution is -0.208. The lowest BCUT2D eigenvalue weighted by atomic mass is 9.51. The van der Waals surface area contributed by atoms with Gasteiger partial charge < -0.3 is 14.6 Å². The van der Waals surface area contributed by atoms with E-state index in [1.54, 1.807) is 0 Å². The third kappa shape index (κ3) is 3.04. The van der Waals surface area contributed by atoms with Crippen LogP contribution in [-0.4, -0.2) is 35.5 Å². The Hall–Kier alpha value is -2.00. The molecular weight excluding hydrogens is 414 g/mol. The van der Waals surface area contributed by atoms with Gasteiger partial charge in [0.25, 0.3) is 0 Å². The molecule has 1 spiro atoms. The summed E-state index contributed by atoms with van der Waals surface area (Å²) in [7, 11) is 0. The van der Waals surface area contributed by atoms with E-state index in [1.165, 1.54) is 16.7 Å². The fourth-order valence-corrected chi connectivity index (χ4v) is 8.10. The van der Waals surface area contributed by atoms with E-state index < -0.39 is 11.4 Å². The number of fused-ring (bicyclic) bond motifs is 4. The molecule has 5 aliphatic rings. The van der Waals surface area contributed by atoms with Gasteiger partial charge in [-0.05, 0) is 67.6 Å². The number of nitrogens with zero attached hydrogens (tertiary/aromatic N) is 1. The second-order valence-electron chi connectivity index (χ2n) is 11.3. The van der Waals surface area contributed by atoms with Gasteiger partial charge in [0, 0.05) is 30.6 Å². The van der Waals surface area contributed by atoms with Crippen molar-refractivity contribution in [3.63, 3.8) is 0 Å². The first kappa shape index (κ1) is 21.5. The molecule has 6 rings (SSSR count). The third-order valence-electron chi connectivity index (χ3n) is 9.68. The second kappa shape index (κ2) is 7.25. The number of carbonyl (C=O) groups is 1. The average Bonchev–Trinajstić information content (AvgIpc) is 3.36. The number of hydrogen-bond acceptors (Lipinski definition) is 4. The van der Waals surface area contributed by atoms with Crippen molar-refractivity contribution in [1.29, 1.82) is 0 Å². The minimum Gasteiger partial charge on any atom is -0.385 e. The Labute approximate surface area is 196 Å². The quantitative estimate of drug-likeness (QED) is 0.464. The number of allylic oxidation sites excluding steroid dienone is 1. The number of Topliss-reactive ketones (excluding diaryl/α,β-unsaturated/α-hetero) is 1. The van der Waals surface area contributed by atoms with Crippen LogP contribution in [0.1, 0.15) is 75.3 Å². The summed E-state index contributed by atoms with van der Waals surface area (Å²) in [6, 6.07) is 6.15. The number of rotatable bonds is 1. The summed E-state index contributed by atoms with van der Waals surface area (Å²) in [6.45, 7) is 12.8. The Balaban J connectivity index is 1.49. The first-order valence-corrected chi connectivity index (χ1v) is 12.5. The first-order chi connectivity index (χ1) is 15.8. The maximum Gasteiger partial charge on any atom is 0.190 e. The van der Waals surface area contributed by atoms with Gasteiger partial charge in [0.15, 0.2) is 11.5 Å². The minimum absolute atomic E-state index is 0.109. The van der Waals surface area contributed by atoms with Crippen LogP contribution in [0.4, 0.5) is 5.69 Å². The van der Waals surface area contributed by atoms with Crippen LogP contribution in [0, 0.1) is 30.7 Å². The molecule has 4 fully saturated rings. The van der Waals surface area contributed by atoms with Gasteiger partial charge in [-0.1, -0.05) is 30.7 Å². The Kier molecular flexibility index (Phi) is 4.73. The fraction of sp³-hybridized carbons (Fsp3) is 0.643. The van der Waals surface area contributed by atoms with Crippen molar-refractivity contribution >= 4 is 11.5 Å². The zero-order chi connectivity index (χ0) is 23.0. The predicted molar refractivity (Wildman–Crippen MR) is 124 cm³/mol. The van der Waals surface area contributed by atoms with Crippen LogP contribution in [-0.2, 0) is 14.3 Å². The summed E-state index contributed by atoms with van der Waals surface area (Å²) in [6.07, 6.45) is 6.15. The van der Waals surface area contributed by atoms with E-state index >= 15 is 0 Å². The van der Waals surface area contributed by atoms with Gasteiger partial charge in [-0.2, -0.15) is 0 Å². The number of ether oxygens (including phenoxy) is 2. The van der Waals surface area contributed by atoms with E-state index in [1.807, 2.05) is 13.0 Å². The fourth-order valence-electron chi connectivity index (χ4n) is 8.10. The minimum atomic E-state index is -0.894. The maximum atomic E-state index is 13.1. The number of ketones is 1. The molecule has 0 aromatic heterocycles. The summed E-state index contributed by atoms with van der Waals surface area (Å²) in [5, 5.41) is 12.0. The van der Waals surface area contributed by atoms with Crippen LogP contribution < -0.4 is 0 Å². The van der Waals surface area contributed by atoms with Crippen molar-refractivity contribution in [2.24, 2.45) is 17.3 Å². The van der Waals surface area contributed by atoms with E-state index in [-0.39, 0.29) is 11.3 Å². The SMILES string of the molecule is [C-]#[N+]c1ccc([C@H]2C[C@]3(C)C(=O)CCC3C3CC[C@@]4(O)CC5(CCC4=C32)OCCO5)cc1C. The highest BCUT2D eigenvalue weighted by atomic mass is 16.7. The summed E-state index contributed by atoms with van der Waals surface area (Å²) < 4.78 is 12.0. The molecule has 174 valence electrons. The molecule has 1 N–H and O–H groups in total. The number of hydrogen-bond donors (Lipinski definition) is 1. The smallest absolute Gasteiger partial charge is 0.190 e. The summed E-state index contributed by atoms with van der Waals surface area (Å²) >= 11 is 0. The molecule has 0 radical (unpaired) electrons. The van der Waals surface area contributed by atoms with Gasteiger partial charge >= 0.3 is 0 Å². The standard InChI is InChI=1S/C28H33NO4/c1-17-14-18(4-6-23(17)29-3)20-15-26(2)21(5-7-24(26)30)19-8-10-27(31)16-28(32-12-13-33-28)11-9-22(27)25(19)20/h4,6,14,19-21,31H,5,7-13,15-16H2,1-2H3/t19?,20-,21?,26+,27-/m1/s1. The van der Waals surface area contributed by atoms with Crippen molar-refractivity contribution in [2.45, 2.75) is 82.5 Å². The molecular formula is C28H33NO4. The van der Waals surface area contributed by atoms with Gasteiger partial charge in [-0.25, -0.2) is 4.85 Å². The molecule has 1 heterocycles. The van der Waals surface area contributed by atoms with Crippen molar-refractivity contribution in [3.8, 4) is 0 Å². The van der Waals surface area contributed by atoms with Crippen molar-refractivity contribution < 1.29 is 19.4 Å². The second-order valence-corrected chi connectivity index (χ2v) is 11.3. The van der Waals surface area contributed by atoms with Gasteiger partial charge in [0.1, 0.15) is 5.78 Å². The maximum absolute atomic E-state index is 13.1. The summed E-state index contributed by atoms with van der Waals surface area (Å²) in [5.41, 5.74) is 4.25. The Bertz CT molecular complexity index is 1090. The van der Waals surface area contributed by atoms with Crippen LogP contribution in [0.2, 0.25) is 0 Å². The van der Waals surface area contributed by atoms with Gasteiger partial charge in [-0.15, -0.1) is 0 Å². The number of benzene rings is 1. The zero-order valence-corrected chi connectivity index (χ0v) is 19.7. The van der Waals surface area contributed by atoms with Crippen LogP contribution in [0.15, 0.2) is 29.3 Å². The highest BCUT2D eigenvalue weighted by Gasteiger charge is 2.60. The van der Waals surface area contributed by atoms with E-state index in [9.17, 15) is 9.90 Å². The highest BCUT2D eigenvalue weighted by Crippen LogP contribution is 2.64. The molecule has 0 amide bonds. The summed E-state index contributed by atoms with van der Waals surface area (Å²) in [4.78, 5) is 16.8. The largest absolute Gasteiger partial charge is 0.385 e. The van der Waals surface area contributed by atoms with Crippen LogP contribution >= 0.6 is 0 Å². The van der Waals surface area contributed by atoms with Gasteiger partial charge in [0.05, 0.1) is 25.4 Å². The Morgan fingerprint density at radius 3 is 2.67 bits per heavy atom. The first-order valence-electron chi connectivity index (χ1n) is 12.5. The van der Waals surface area contributed by atoms with E-state index in [0.29, 0.717) is 55.8 Å². The number of aliphatic hydroxyl groups is 1. The third-order valence-corrected chi connectivity index (χ3v) is 9.68. The lowest BCUT2D eigenvalue weighted by Gasteiger charge is -2.55. The molecule has 1 saturated heterocycles. The molecule has 4 aliphatic carbocycles. The van der Waals surface area contributed by atoms with E-state index in [0.717, 1.165) is 37.7 Å². The number of aryl methyl sites for hydroxylation is 1. The van der Waals surface area contributed by atoms with Crippen molar-refractivity contribution in [2.75, 3.05) is 13.2 Å². The molecule has 1 aliphatic heterocycles.